The van der Waals surface area contributed by atoms with Crippen LogP contribution in [0.4, 0.5) is 0 Å². The maximum atomic E-state index is 8.52. The summed E-state index contributed by atoms with van der Waals surface area (Å²) in [4.78, 5) is 2.43. The molecule has 0 saturated carbocycles. The van der Waals surface area contributed by atoms with Gasteiger partial charge in [-0.05, 0) is 30.5 Å². The molecule has 0 aliphatic carbocycles. The summed E-state index contributed by atoms with van der Waals surface area (Å²) in [5, 5.41) is 11.8. The summed E-state index contributed by atoms with van der Waals surface area (Å²) in [5.74, 6) is 1.26. The second kappa shape index (κ2) is 22.1. The molecule has 2 unspecified atom stereocenters. The lowest BCUT2D eigenvalue weighted by Gasteiger charge is -2.22. The fourth-order valence-corrected chi connectivity index (χ4v) is 3.60. The Kier molecular flexibility index (Phi) is 21.3. The average Bonchev–Trinajstić information content (AvgIpc) is 3.72. The Labute approximate surface area is 223 Å². The third kappa shape index (κ3) is 17.0. The molecule has 200 valence electrons. The van der Waals surface area contributed by atoms with Crippen molar-refractivity contribution < 1.29 is 14.6 Å². The van der Waals surface area contributed by atoms with E-state index in [2.05, 4.69) is 52.7 Å². The molecule has 0 radical (unpaired) electrons. The van der Waals surface area contributed by atoms with Crippen LogP contribution in [-0.4, -0.2) is 73.4 Å². The molecule has 0 aromatic heterocycles. The van der Waals surface area contributed by atoms with Crippen LogP contribution in [0.15, 0.2) is 60.7 Å². The molecule has 2 aliphatic heterocycles. The largest absolute Gasteiger partial charge is 0.396 e. The summed E-state index contributed by atoms with van der Waals surface area (Å²) in [6.45, 7) is 6.79. The van der Waals surface area contributed by atoms with Crippen LogP contribution in [0, 0.1) is 0 Å². The number of ether oxygens (including phenoxy) is 2. The van der Waals surface area contributed by atoms with Crippen molar-refractivity contribution in [3.05, 3.63) is 71.8 Å². The van der Waals surface area contributed by atoms with Crippen LogP contribution in [0.1, 0.15) is 38.8 Å². The van der Waals surface area contributed by atoms with E-state index in [-0.39, 0.29) is 27.6 Å². The Morgan fingerprint density at radius 1 is 0.886 bits per heavy atom. The molecule has 0 bridgehead atoms. The fraction of sp³-hybridized carbons (Fsp3) is 0.571. The van der Waals surface area contributed by atoms with Crippen LogP contribution < -0.4 is 5.32 Å². The maximum Gasteiger partial charge on any atom is 0.0944 e. The van der Waals surface area contributed by atoms with Gasteiger partial charge in [-0.25, -0.2) is 0 Å². The summed E-state index contributed by atoms with van der Waals surface area (Å²) < 4.78 is 10.4. The van der Waals surface area contributed by atoms with Gasteiger partial charge in [-0.3, -0.25) is 4.90 Å². The van der Waals surface area contributed by atoms with E-state index in [1.54, 1.807) is 0 Å². The lowest BCUT2D eigenvalue weighted by atomic mass is 10.2. The minimum Gasteiger partial charge on any atom is -0.396 e. The minimum atomic E-state index is 0. The Morgan fingerprint density at radius 2 is 1.49 bits per heavy atom. The van der Waals surface area contributed by atoms with Crippen molar-refractivity contribution in [2.75, 3.05) is 51.2 Å². The highest BCUT2D eigenvalue weighted by Crippen LogP contribution is 2.11. The molecule has 2 saturated heterocycles. The van der Waals surface area contributed by atoms with Gasteiger partial charge in [0.05, 0.1) is 24.7 Å². The molecule has 0 spiro atoms. The van der Waals surface area contributed by atoms with Crippen molar-refractivity contribution in [2.24, 2.45) is 0 Å². The number of epoxide rings is 1. The first kappa shape index (κ1) is 33.8. The summed E-state index contributed by atoms with van der Waals surface area (Å²) >= 11 is 11.1. The zero-order valence-electron chi connectivity index (χ0n) is 19.4. The number of halogens is 2. The monoisotopic (exact) mass is 528 g/mol. The highest BCUT2D eigenvalue weighted by molar-refractivity contribution is 6.18. The predicted molar refractivity (Wildman–Crippen MR) is 151 cm³/mol. The molecule has 2 N–H and O–H groups in total. The van der Waals surface area contributed by atoms with Crippen LogP contribution in [-0.2, 0) is 22.6 Å². The van der Waals surface area contributed by atoms with Gasteiger partial charge in [0.25, 0.3) is 0 Å². The van der Waals surface area contributed by atoms with Gasteiger partial charge < -0.3 is 19.9 Å². The molecule has 4 rings (SSSR count). The van der Waals surface area contributed by atoms with Crippen LogP contribution in [0.3, 0.4) is 0 Å². The van der Waals surface area contributed by atoms with Gasteiger partial charge in [0.2, 0.25) is 0 Å². The van der Waals surface area contributed by atoms with Gasteiger partial charge in [-0.2, -0.15) is 0 Å². The molecule has 7 heteroatoms. The Morgan fingerprint density at radius 3 is 2.00 bits per heavy atom. The van der Waals surface area contributed by atoms with Crippen molar-refractivity contribution in [1.29, 1.82) is 0 Å². The number of hydrogen-bond donors (Lipinski definition) is 2. The molecule has 2 aliphatic rings. The minimum absolute atomic E-state index is 0. The average molecular weight is 530 g/mol. The second-order valence-electron chi connectivity index (χ2n) is 8.07. The summed E-state index contributed by atoms with van der Waals surface area (Å²) in [5.41, 5.74) is 2.65. The number of benzene rings is 2. The van der Waals surface area contributed by atoms with Crippen LogP contribution in [0.5, 0.6) is 0 Å². The van der Waals surface area contributed by atoms with E-state index in [0.717, 1.165) is 58.8 Å². The summed E-state index contributed by atoms with van der Waals surface area (Å²) in [6.07, 6.45) is 2.51. The molecule has 35 heavy (non-hydrogen) atoms. The molecule has 5 nitrogen and oxygen atoms in total. The van der Waals surface area contributed by atoms with Crippen molar-refractivity contribution in [2.45, 2.75) is 53.0 Å². The molecule has 2 atom stereocenters. The normalized spacial score (nSPS) is 18.8. The lowest BCUT2D eigenvalue weighted by Crippen LogP contribution is -2.32. The number of rotatable bonds is 9. The Hall–Kier alpha value is -1.18. The highest BCUT2D eigenvalue weighted by Gasteiger charge is 2.19. The standard InChI is InChI=1S/C13H18ClNO.C10H15NO.C3H5ClO.2CH4/c14-9-13-11-15(7-4-8-16-13)10-12-5-2-1-3-6-12;12-8-4-7-11-9-10-5-2-1-3-6-10;4-1-3-2-5-3;;/h1-3,5-6,13H,4,7-11H2;1-3,5-6,11-12H,4,7-9H2;3H,1-2H2;2*1H4. The van der Waals surface area contributed by atoms with Crippen LogP contribution in [0.25, 0.3) is 0 Å². The van der Waals surface area contributed by atoms with Gasteiger partial charge in [0.1, 0.15) is 0 Å². The molecule has 2 fully saturated rings. The van der Waals surface area contributed by atoms with Gasteiger partial charge in [-0.15, -0.1) is 23.2 Å². The smallest absolute Gasteiger partial charge is 0.0944 e. The van der Waals surface area contributed by atoms with E-state index in [0.29, 0.717) is 17.9 Å². The van der Waals surface area contributed by atoms with E-state index in [9.17, 15) is 0 Å². The SMILES string of the molecule is C.C.ClCC1CN(Cc2ccccc2)CCCO1.ClCC1CO1.OCCCNCc1ccccc1. The van der Waals surface area contributed by atoms with Gasteiger partial charge >= 0.3 is 0 Å². The first-order chi connectivity index (χ1) is 16.2. The highest BCUT2D eigenvalue weighted by atomic mass is 35.5. The van der Waals surface area contributed by atoms with Crippen molar-refractivity contribution in [3.63, 3.8) is 0 Å². The fourth-order valence-electron chi connectivity index (χ4n) is 3.24. The lowest BCUT2D eigenvalue weighted by molar-refractivity contribution is 0.0691. The first-order valence-electron chi connectivity index (χ1n) is 11.7. The van der Waals surface area contributed by atoms with Gasteiger partial charge in [0, 0.05) is 45.3 Å². The molecule has 2 heterocycles. The predicted octanol–water partition coefficient (Wildman–Crippen LogP) is 5.57. The zero-order chi connectivity index (χ0) is 23.6. The van der Waals surface area contributed by atoms with Gasteiger partial charge in [-0.1, -0.05) is 75.5 Å². The second-order valence-corrected chi connectivity index (χ2v) is 8.69. The first-order valence-corrected chi connectivity index (χ1v) is 12.8. The number of hydrogen-bond acceptors (Lipinski definition) is 5. The van der Waals surface area contributed by atoms with Crippen LogP contribution in [0.2, 0.25) is 0 Å². The Bertz CT molecular complexity index is 706. The Balaban J connectivity index is 0.000000538. The van der Waals surface area contributed by atoms with E-state index in [1.807, 2.05) is 18.2 Å². The number of alkyl halides is 2. The van der Waals surface area contributed by atoms with Crippen LogP contribution >= 0.6 is 23.2 Å². The van der Waals surface area contributed by atoms with E-state index in [4.69, 9.17) is 37.8 Å². The number of aliphatic hydroxyl groups excluding tert-OH is 1. The molecular formula is C28H46Cl2N2O3. The number of nitrogens with one attached hydrogen (secondary N) is 1. The quantitative estimate of drug-likeness (QED) is 0.253. The van der Waals surface area contributed by atoms with E-state index >= 15 is 0 Å². The van der Waals surface area contributed by atoms with E-state index in [1.165, 1.54) is 11.1 Å². The maximum absolute atomic E-state index is 8.52. The molecule has 0 amide bonds. The third-order valence-corrected chi connectivity index (χ3v) is 5.80. The van der Waals surface area contributed by atoms with Crippen molar-refractivity contribution in [1.82, 2.24) is 10.2 Å². The summed E-state index contributed by atoms with van der Waals surface area (Å²) in [7, 11) is 0. The molecule has 2 aromatic carbocycles. The van der Waals surface area contributed by atoms with Crippen molar-refractivity contribution in [3.8, 4) is 0 Å². The molecular weight excluding hydrogens is 483 g/mol. The van der Waals surface area contributed by atoms with E-state index < -0.39 is 0 Å². The molecule has 2 aromatic rings. The topological polar surface area (TPSA) is 57.3 Å². The number of nitrogens with zero attached hydrogens (tertiary/aromatic N) is 1. The number of aliphatic hydroxyl groups is 1. The zero-order valence-corrected chi connectivity index (χ0v) is 20.9. The van der Waals surface area contributed by atoms with Crippen molar-refractivity contribution >= 4 is 23.2 Å². The third-order valence-electron chi connectivity index (χ3n) is 5.11. The summed E-state index contributed by atoms with van der Waals surface area (Å²) in [6, 6.07) is 20.8. The van der Waals surface area contributed by atoms with Gasteiger partial charge in [0.15, 0.2) is 0 Å².